The van der Waals surface area contributed by atoms with Crippen LogP contribution in [0.4, 0.5) is 5.69 Å². The molecule has 0 spiro atoms. The van der Waals surface area contributed by atoms with Crippen molar-refractivity contribution >= 4 is 27.6 Å². The molecule has 0 radical (unpaired) electrons. The van der Waals surface area contributed by atoms with E-state index in [1.54, 1.807) is 12.5 Å². The quantitative estimate of drug-likeness (QED) is 0.381. The van der Waals surface area contributed by atoms with Crippen molar-refractivity contribution in [3.05, 3.63) is 84.9 Å². The molecule has 1 aliphatic rings. The zero-order chi connectivity index (χ0) is 24.5. The third-order valence-corrected chi connectivity index (χ3v) is 6.98. The van der Waals surface area contributed by atoms with Crippen molar-refractivity contribution in [3.63, 3.8) is 0 Å². The van der Waals surface area contributed by atoms with E-state index in [2.05, 4.69) is 39.1 Å². The molecule has 8 nitrogen and oxygen atoms in total. The number of fused-ring (bicyclic) bond motifs is 2. The Kier molecular flexibility index (Phi) is 5.75. The predicted octanol–water partition coefficient (Wildman–Crippen LogP) is 3.84. The Labute approximate surface area is 209 Å². The number of aromatic nitrogens is 4. The molecule has 2 aromatic carbocycles. The molecule has 0 atom stereocenters. The van der Waals surface area contributed by atoms with Crippen LogP contribution in [0.25, 0.3) is 27.8 Å². The number of ether oxygens (including phenoxy) is 1. The van der Waals surface area contributed by atoms with Crippen molar-refractivity contribution in [2.45, 2.75) is 25.0 Å². The lowest BCUT2D eigenvalue weighted by atomic mass is 9.91. The van der Waals surface area contributed by atoms with Gasteiger partial charge in [-0.25, -0.2) is 9.97 Å². The topological polar surface area (TPSA) is 102 Å². The molecule has 1 fully saturated rings. The number of hydrogen-bond acceptors (Lipinski definition) is 7. The van der Waals surface area contributed by atoms with Crippen LogP contribution in [0.5, 0.6) is 5.75 Å². The van der Waals surface area contributed by atoms with E-state index in [0.29, 0.717) is 26.0 Å². The maximum atomic E-state index is 10.5. The molecular formula is C28H28N6O2. The van der Waals surface area contributed by atoms with E-state index in [1.807, 2.05) is 47.0 Å². The van der Waals surface area contributed by atoms with Crippen LogP contribution in [0.15, 0.2) is 79.3 Å². The van der Waals surface area contributed by atoms with Gasteiger partial charge in [0.1, 0.15) is 24.5 Å². The van der Waals surface area contributed by atoms with E-state index in [0.717, 1.165) is 58.0 Å². The maximum Gasteiger partial charge on any atom is 0.139 e. The van der Waals surface area contributed by atoms with Gasteiger partial charge < -0.3 is 20.5 Å². The van der Waals surface area contributed by atoms with Gasteiger partial charge in [0, 0.05) is 37.3 Å². The highest BCUT2D eigenvalue weighted by Gasteiger charge is 2.31. The highest BCUT2D eigenvalue weighted by atomic mass is 16.5. The highest BCUT2D eigenvalue weighted by Crippen LogP contribution is 2.31. The monoisotopic (exact) mass is 480 g/mol. The number of para-hydroxylation sites is 1. The Morgan fingerprint density at radius 2 is 1.86 bits per heavy atom. The highest BCUT2D eigenvalue weighted by molar-refractivity contribution is 5.92. The van der Waals surface area contributed by atoms with E-state index >= 15 is 0 Å². The molecule has 0 unspecified atom stereocenters. The molecule has 5 aromatic rings. The van der Waals surface area contributed by atoms with Crippen LogP contribution >= 0.6 is 0 Å². The second-order valence-corrected chi connectivity index (χ2v) is 9.31. The minimum absolute atomic E-state index is 0.294. The number of anilines is 1. The van der Waals surface area contributed by atoms with Gasteiger partial charge in [-0.1, -0.05) is 18.2 Å². The molecule has 3 N–H and O–H groups in total. The lowest BCUT2D eigenvalue weighted by molar-refractivity contribution is 0.0250. The van der Waals surface area contributed by atoms with Gasteiger partial charge in [0.2, 0.25) is 0 Å². The molecule has 1 aliphatic heterocycles. The summed E-state index contributed by atoms with van der Waals surface area (Å²) in [6.07, 6.45) is 4.86. The largest absolute Gasteiger partial charge is 0.487 e. The van der Waals surface area contributed by atoms with Crippen LogP contribution in [0.2, 0.25) is 0 Å². The zero-order valence-electron chi connectivity index (χ0n) is 19.9. The van der Waals surface area contributed by atoms with Gasteiger partial charge in [0.05, 0.1) is 33.5 Å². The third-order valence-electron chi connectivity index (χ3n) is 6.98. The van der Waals surface area contributed by atoms with Gasteiger partial charge >= 0.3 is 0 Å². The normalized spacial score (nSPS) is 15.4. The molecule has 0 bridgehead atoms. The van der Waals surface area contributed by atoms with Gasteiger partial charge in [0.25, 0.3) is 0 Å². The predicted molar refractivity (Wildman–Crippen MR) is 140 cm³/mol. The molecule has 36 heavy (non-hydrogen) atoms. The summed E-state index contributed by atoms with van der Waals surface area (Å²) in [5.74, 6) is 1.55. The van der Waals surface area contributed by atoms with Gasteiger partial charge in [-0.15, -0.1) is 0 Å². The SMILES string of the molecule is NCC1(O)CCN(c2cccc3ccc(-n4cnc5cc(OCc6ccccn6)ccc54)nc23)CC1. The third kappa shape index (κ3) is 4.25. The summed E-state index contributed by atoms with van der Waals surface area (Å²) in [6.45, 7) is 2.19. The van der Waals surface area contributed by atoms with Crippen molar-refractivity contribution in [3.8, 4) is 11.6 Å². The van der Waals surface area contributed by atoms with Crippen LogP contribution in [0.3, 0.4) is 0 Å². The molecule has 6 rings (SSSR count). The number of imidazole rings is 1. The first kappa shape index (κ1) is 22.5. The summed E-state index contributed by atoms with van der Waals surface area (Å²) in [5, 5.41) is 11.6. The summed E-state index contributed by atoms with van der Waals surface area (Å²) >= 11 is 0. The molecule has 0 saturated carbocycles. The number of pyridine rings is 2. The van der Waals surface area contributed by atoms with Crippen molar-refractivity contribution in [1.29, 1.82) is 0 Å². The first-order valence-corrected chi connectivity index (χ1v) is 12.2. The van der Waals surface area contributed by atoms with E-state index < -0.39 is 5.60 Å². The standard InChI is InChI=1S/C28H28N6O2/c29-18-28(35)11-14-33(15-12-28)25-6-3-4-20-7-10-26(32-27(20)25)34-19-31-23-16-22(8-9-24(23)34)36-17-21-5-1-2-13-30-21/h1-10,13,16,19,35H,11-12,14-15,17-18,29H2. The van der Waals surface area contributed by atoms with Crippen molar-refractivity contribution in [2.75, 3.05) is 24.5 Å². The Morgan fingerprint density at radius 3 is 2.67 bits per heavy atom. The van der Waals surface area contributed by atoms with E-state index in [1.165, 1.54) is 0 Å². The lowest BCUT2D eigenvalue weighted by Gasteiger charge is -2.38. The summed E-state index contributed by atoms with van der Waals surface area (Å²) in [6, 6.07) is 22.0. The number of nitrogens with two attached hydrogens (primary N) is 1. The van der Waals surface area contributed by atoms with E-state index in [9.17, 15) is 5.11 Å². The Bertz CT molecular complexity index is 1510. The summed E-state index contributed by atoms with van der Waals surface area (Å²) in [4.78, 5) is 16.3. The van der Waals surface area contributed by atoms with Crippen LogP contribution in [-0.2, 0) is 6.61 Å². The first-order chi connectivity index (χ1) is 17.6. The van der Waals surface area contributed by atoms with E-state index in [-0.39, 0.29) is 0 Å². The van der Waals surface area contributed by atoms with Crippen LogP contribution in [0.1, 0.15) is 18.5 Å². The van der Waals surface area contributed by atoms with Gasteiger partial charge in [0.15, 0.2) is 0 Å². The minimum Gasteiger partial charge on any atom is -0.487 e. The number of aliphatic hydroxyl groups is 1. The molecule has 3 aromatic heterocycles. The maximum absolute atomic E-state index is 10.5. The Hall–Kier alpha value is -4.01. The second kappa shape index (κ2) is 9.22. The van der Waals surface area contributed by atoms with E-state index in [4.69, 9.17) is 15.5 Å². The minimum atomic E-state index is -0.768. The van der Waals surface area contributed by atoms with Gasteiger partial charge in [-0.3, -0.25) is 9.55 Å². The molecular weight excluding hydrogens is 452 g/mol. The molecule has 8 heteroatoms. The average Bonchev–Trinajstić information content (AvgIpc) is 3.36. The number of benzene rings is 2. The fraction of sp³-hybridized carbons (Fsp3) is 0.250. The average molecular weight is 481 g/mol. The molecule has 0 amide bonds. The molecule has 182 valence electrons. The number of rotatable bonds is 6. The lowest BCUT2D eigenvalue weighted by Crippen LogP contribution is -2.48. The van der Waals surface area contributed by atoms with Gasteiger partial charge in [-0.2, -0.15) is 0 Å². The second-order valence-electron chi connectivity index (χ2n) is 9.31. The molecule has 4 heterocycles. The number of nitrogens with zero attached hydrogens (tertiary/aromatic N) is 5. The zero-order valence-corrected chi connectivity index (χ0v) is 19.9. The Balaban J connectivity index is 1.29. The molecule has 0 aliphatic carbocycles. The number of hydrogen-bond donors (Lipinski definition) is 2. The summed E-state index contributed by atoms with van der Waals surface area (Å²) in [5.41, 5.74) is 9.69. The van der Waals surface area contributed by atoms with Crippen molar-refractivity contribution < 1.29 is 9.84 Å². The summed E-state index contributed by atoms with van der Waals surface area (Å²) < 4.78 is 7.92. The van der Waals surface area contributed by atoms with Crippen LogP contribution < -0.4 is 15.4 Å². The fourth-order valence-corrected chi connectivity index (χ4v) is 4.78. The smallest absolute Gasteiger partial charge is 0.139 e. The Morgan fingerprint density at radius 1 is 0.972 bits per heavy atom. The summed E-state index contributed by atoms with van der Waals surface area (Å²) in [7, 11) is 0. The number of piperidine rings is 1. The van der Waals surface area contributed by atoms with Crippen molar-refractivity contribution in [1.82, 2.24) is 19.5 Å². The first-order valence-electron chi connectivity index (χ1n) is 12.2. The van der Waals surface area contributed by atoms with Crippen molar-refractivity contribution in [2.24, 2.45) is 5.73 Å². The van der Waals surface area contributed by atoms with Crippen LogP contribution in [-0.4, -0.2) is 49.9 Å². The van der Waals surface area contributed by atoms with Crippen LogP contribution in [0, 0.1) is 0 Å². The molecule has 1 saturated heterocycles. The van der Waals surface area contributed by atoms with Gasteiger partial charge in [-0.05, 0) is 55.3 Å². The fourth-order valence-electron chi connectivity index (χ4n) is 4.78.